The van der Waals surface area contributed by atoms with Gasteiger partial charge in [0.15, 0.2) is 0 Å². The molecule has 0 bridgehead atoms. The number of nitrogens with zero attached hydrogens (tertiary/aromatic N) is 1. The number of nitrogens with one attached hydrogen (secondary N) is 1. The van der Waals surface area contributed by atoms with Crippen molar-refractivity contribution in [3.8, 4) is 0 Å². The summed E-state index contributed by atoms with van der Waals surface area (Å²) in [6.07, 6.45) is 7.47. The van der Waals surface area contributed by atoms with Crippen molar-refractivity contribution < 1.29 is 14.4 Å². The average Bonchev–Trinajstić information content (AvgIpc) is 3.00. The van der Waals surface area contributed by atoms with Gasteiger partial charge in [-0.1, -0.05) is 44.1 Å². The van der Waals surface area contributed by atoms with E-state index in [1.165, 1.54) is 30.5 Å². The van der Waals surface area contributed by atoms with Crippen LogP contribution in [-0.4, -0.2) is 44.3 Å². The van der Waals surface area contributed by atoms with Crippen LogP contribution in [0.4, 0.5) is 5.69 Å². The molecular weight excluding hydrogens is 384 g/mol. The summed E-state index contributed by atoms with van der Waals surface area (Å²) in [5, 5.41) is 0. The topological polar surface area (TPSA) is 34.0 Å². The molecule has 2 aliphatic carbocycles. The monoisotopic (exact) mass is 423 g/mol. The molecule has 1 N–H and O–H groups in total. The van der Waals surface area contributed by atoms with E-state index < -0.39 is 0 Å². The lowest BCUT2D eigenvalue weighted by atomic mass is 9.59. The maximum atomic E-state index is 12.9. The summed E-state index contributed by atoms with van der Waals surface area (Å²) in [7, 11) is 0. The van der Waals surface area contributed by atoms with Gasteiger partial charge < -0.3 is 14.5 Å². The van der Waals surface area contributed by atoms with Gasteiger partial charge in [0.1, 0.15) is 12.0 Å². The first kappa shape index (κ1) is 21.1. The summed E-state index contributed by atoms with van der Waals surface area (Å²) >= 11 is 0. The molecule has 7 atom stereocenters. The summed E-state index contributed by atoms with van der Waals surface area (Å²) in [6.45, 7) is 13.4. The summed E-state index contributed by atoms with van der Waals surface area (Å²) in [6, 6.07) is 9.31. The third-order valence-corrected chi connectivity index (χ3v) is 8.75. The summed E-state index contributed by atoms with van der Waals surface area (Å²) in [4.78, 5) is 17.0. The highest BCUT2D eigenvalue weighted by Crippen LogP contribution is 2.53. The predicted octanol–water partition coefficient (Wildman–Crippen LogP) is 3.40. The zero-order valence-corrected chi connectivity index (χ0v) is 19.7. The first-order valence-electron chi connectivity index (χ1n) is 12.4. The Bertz CT molecular complexity index is 880. The molecule has 1 aromatic rings. The molecule has 4 aliphatic rings. The van der Waals surface area contributed by atoms with Gasteiger partial charge in [-0.05, 0) is 62.1 Å². The number of hydrogen-bond donors (Lipinski definition) is 1. The molecule has 5 rings (SSSR count). The second-order valence-electron chi connectivity index (χ2n) is 11.1. The highest BCUT2D eigenvalue weighted by Gasteiger charge is 2.53. The molecule has 0 spiro atoms. The minimum Gasteiger partial charge on any atom is -0.461 e. The van der Waals surface area contributed by atoms with E-state index in [-0.39, 0.29) is 29.3 Å². The number of ether oxygens (including phenoxy) is 1. The van der Waals surface area contributed by atoms with Crippen molar-refractivity contribution in [2.45, 2.75) is 65.5 Å². The molecule has 2 heterocycles. The number of carbonyl (C=O) groups excluding carboxylic acids is 1. The lowest BCUT2D eigenvalue weighted by Crippen LogP contribution is -3.16. The van der Waals surface area contributed by atoms with E-state index >= 15 is 0 Å². The first-order valence-corrected chi connectivity index (χ1v) is 12.4. The van der Waals surface area contributed by atoms with Crippen LogP contribution < -0.4 is 9.80 Å². The number of carbonyl (C=O) groups is 1. The quantitative estimate of drug-likeness (QED) is 0.598. The van der Waals surface area contributed by atoms with E-state index in [0.717, 1.165) is 32.6 Å². The van der Waals surface area contributed by atoms with Gasteiger partial charge in [0.2, 0.25) is 0 Å². The Morgan fingerprint density at radius 2 is 2.13 bits per heavy atom. The molecule has 1 unspecified atom stereocenters. The van der Waals surface area contributed by atoms with E-state index in [1.54, 1.807) is 10.5 Å². The average molecular weight is 424 g/mol. The highest BCUT2D eigenvalue weighted by atomic mass is 16.6. The van der Waals surface area contributed by atoms with Gasteiger partial charge in [-0.3, -0.25) is 4.79 Å². The predicted molar refractivity (Wildman–Crippen MR) is 124 cm³/mol. The van der Waals surface area contributed by atoms with Crippen molar-refractivity contribution >= 4 is 11.7 Å². The van der Waals surface area contributed by atoms with Crippen molar-refractivity contribution in [1.82, 2.24) is 0 Å². The van der Waals surface area contributed by atoms with Crippen LogP contribution in [0, 0.1) is 30.1 Å². The van der Waals surface area contributed by atoms with Crippen LogP contribution in [0.1, 0.15) is 52.0 Å². The molecule has 4 heteroatoms. The van der Waals surface area contributed by atoms with Gasteiger partial charge >= 0.3 is 5.97 Å². The van der Waals surface area contributed by atoms with Crippen LogP contribution in [0.2, 0.25) is 0 Å². The third-order valence-electron chi connectivity index (χ3n) is 8.75. The van der Waals surface area contributed by atoms with Crippen molar-refractivity contribution in [3.63, 3.8) is 0 Å². The first-order chi connectivity index (χ1) is 14.8. The normalized spacial score (nSPS) is 40.1. The number of benzene rings is 1. The molecule has 2 aliphatic heterocycles. The van der Waals surface area contributed by atoms with Gasteiger partial charge in [-0.15, -0.1) is 0 Å². The third kappa shape index (κ3) is 3.82. The Balaban J connectivity index is 1.29. The Morgan fingerprint density at radius 3 is 2.90 bits per heavy atom. The molecule has 0 amide bonds. The van der Waals surface area contributed by atoms with Gasteiger partial charge in [0, 0.05) is 11.6 Å². The Hall–Kier alpha value is -1.81. The van der Waals surface area contributed by atoms with E-state index in [9.17, 15) is 4.79 Å². The molecule has 0 radical (unpaired) electrons. The lowest BCUT2D eigenvalue weighted by molar-refractivity contribution is -0.905. The maximum Gasteiger partial charge on any atom is 0.315 e. The molecule has 0 aromatic heterocycles. The molecule has 1 saturated carbocycles. The Kier molecular flexibility index (Phi) is 5.40. The fourth-order valence-corrected chi connectivity index (χ4v) is 7.10. The molecule has 4 nitrogen and oxygen atoms in total. The number of aryl methyl sites for hydroxylation is 1. The summed E-state index contributed by atoms with van der Waals surface area (Å²) in [5.74, 6) is 1.03. The number of piperazine rings is 1. The number of anilines is 1. The van der Waals surface area contributed by atoms with E-state index in [4.69, 9.17) is 4.74 Å². The lowest BCUT2D eigenvalue weighted by Gasteiger charge is -2.46. The van der Waals surface area contributed by atoms with Crippen molar-refractivity contribution in [2.75, 3.05) is 31.1 Å². The number of fused-ring (bicyclic) bond motifs is 2. The van der Waals surface area contributed by atoms with Gasteiger partial charge in [0.25, 0.3) is 0 Å². The van der Waals surface area contributed by atoms with E-state index in [0.29, 0.717) is 12.0 Å². The molecule has 2 saturated heterocycles. The van der Waals surface area contributed by atoms with Crippen molar-refractivity contribution in [1.29, 1.82) is 0 Å². The number of quaternary nitrogens is 1. The SMILES string of the molecule is Cc1cccc(N2CC[NH+](C[C@@H]3C(=O)O[C@H]4C[C@]5(C)CCC[C@@H](C)C5=C[C@@H]43)C[C@@H]2C)c1. The van der Waals surface area contributed by atoms with Crippen LogP contribution >= 0.6 is 0 Å². The van der Waals surface area contributed by atoms with Crippen LogP contribution in [0.15, 0.2) is 35.9 Å². The largest absolute Gasteiger partial charge is 0.461 e. The fourth-order valence-electron chi connectivity index (χ4n) is 7.10. The number of esters is 1. The molecule has 168 valence electrons. The van der Waals surface area contributed by atoms with Gasteiger partial charge in [-0.25, -0.2) is 0 Å². The smallest absolute Gasteiger partial charge is 0.315 e. The van der Waals surface area contributed by atoms with Crippen LogP contribution in [0.25, 0.3) is 0 Å². The number of rotatable bonds is 3. The maximum absolute atomic E-state index is 12.9. The minimum atomic E-state index is 0.0314. The molecule has 31 heavy (non-hydrogen) atoms. The highest BCUT2D eigenvalue weighted by molar-refractivity contribution is 5.76. The number of hydrogen-bond acceptors (Lipinski definition) is 3. The molecule has 3 fully saturated rings. The van der Waals surface area contributed by atoms with E-state index in [2.05, 4.69) is 62.9 Å². The Labute approximate surface area is 187 Å². The molecule has 1 aromatic carbocycles. The summed E-state index contributed by atoms with van der Waals surface area (Å²) < 4.78 is 5.99. The van der Waals surface area contributed by atoms with Crippen LogP contribution in [-0.2, 0) is 9.53 Å². The zero-order chi connectivity index (χ0) is 21.8. The molecular formula is C27H39N2O2+. The van der Waals surface area contributed by atoms with E-state index in [1.807, 2.05) is 0 Å². The summed E-state index contributed by atoms with van der Waals surface area (Å²) in [5.41, 5.74) is 4.51. The Morgan fingerprint density at radius 1 is 1.29 bits per heavy atom. The second kappa shape index (κ2) is 7.95. The van der Waals surface area contributed by atoms with Crippen LogP contribution in [0.3, 0.4) is 0 Å². The van der Waals surface area contributed by atoms with Gasteiger partial charge in [0.05, 0.1) is 32.2 Å². The zero-order valence-electron chi connectivity index (χ0n) is 19.7. The van der Waals surface area contributed by atoms with Crippen molar-refractivity contribution in [2.24, 2.45) is 23.2 Å². The fraction of sp³-hybridized carbons (Fsp3) is 0.667. The second-order valence-corrected chi connectivity index (χ2v) is 11.1. The minimum absolute atomic E-state index is 0.0314. The van der Waals surface area contributed by atoms with Crippen molar-refractivity contribution in [3.05, 3.63) is 41.5 Å². The number of allylic oxidation sites excluding steroid dienone is 1. The van der Waals surface area contributed by atoms with Crippen LogP contribution in [0.5, 0.6) is 0 Å². The standard InChI is InChI=1S/C27H38N2O2/c1-18-7-5-9-21(13-18)29-12-11-28(16-20(29)3)17-23-22-14-24-19(2)8-6-10-27(24,4)15-25(22)31-26(23)30/h5,7,9,13-14,19-20,22-23,25H,6,8,10-12,15-17H2,1-4H3/p+1/t19-,20+,22-,23+,25+,27+/m1/s1. The van der Waals surface area contributed by atoms with Gasteiger partial charge in [-0.2, -0.15) is 0 Å².